The minimum Gasteiger partial charge on any atom is -0.479 e. The third-order valence-electron chi connectivity index (χ3n) is 2.55. The number of aliphatic hydroxyl groups excluding tert-OH is 1. The minimum atomic E-state index is -1.45. The molecule has 0 heterocycles. The van der Waals surface area contributed by atoms with Crippen LogP contribution in [0.15, 0.2) is 24.3 Å². The Kier molecular flexibility index (Phi) is 4.31. The molecular weight excluding hydrogens is 206 g/mol. The Balaban J connectivity index is 2.98. The molecule has 88 valence electrons. The second kappa shape index (κ2) is 5.51. The van der Waals surface area contributed by atoms with Gasteiger partial charge in [0.1, 0.15) is 0 Å². The fraction of sp³-hybridized carbons (Fsp3) is 0.417. The molecule has 1 aromatic rings. The molecule has 0 saturated heterocycles. The van der Waals surface area contributed by atoms with Crippen LogP contribution in [0.3, 0.4) is 0 Å². The third kappa shape index (κ3) is 2.73. The molecule has 1 atom stereocenters. The Bertz CT molecular complexity index is 361. The zero-order valence-electron chi connectivity index (χ0n) is 9.55. The van der Waals surface area contributed by atoms with Gasteiger partial charge < -0.3 is 15.1 Å². The minimum absolute atomic E-state index is 0.414. The van der Waals surface area contributed by atoms with Gasteiger partial charge in [-0.3, -0.25) is 0 Å². The van der Waals surface area contributed by atoms with Gasteiger partial charge in [0.25, 0.3) is 0 Å². The number of hydrogen-bond acceptors (Lipinski definition) is 3. The first-order chi connectivity index (χ1) is 7.60. The predicted molar refractivity (Wildman–Crippen MR) is 62.6 cm³/mol. The fourth-order valence-electron chi connectivity index (χ4n) is 1.62. The molecule has 2 N–H and O–H groups in total. The number of carbonyl (C=O) groups is 1. The van der Waals surface area contributed by atoms with E-state index in [0.717, 1.165) is 18.8 Å². The predicted octanol–water partition coefficient (Wildman–Crippen LogP) is 1.65. The number of carboxylic acids is 1. The lowest BCUT2D eigenvalue weighted by Crippen LogP contribution is -2.22. The van der Waals surface area contributed by atoms with E-state index in [0.29, 0.717) is 5.56 Å². The third-order valence-corrected chi connectivity index (χ3v) is 2.55. The summed E-state index contributed by atoms with van der Waals surface area (Å²) in [7, 11) is 0. The summed E-state index contributed by atoms with van der Waals surface area (Å²) in [6.45, 7) is 5.76. The zero-order chi connectivity index (χ0) is 12.1. The molecule has 0 fully saturated rings. The van der Waals surface area contributed by atoms with Gasteiger partial charge in [-0.25, -0.2) is 4.79 Å². The molecule has 0 bridgehead atoms. The molecular formula is C12H17NO3. The van der Waals surface area contributed by atoms with E-state index in [1.165, 1.54) is 0 Å². The summed E-state index contributed by atoms with van der Waals surface area (Å²) in [6.07, 6.45) is -1.45. The Hall–Kier alpha value is -1.55. The molecule has 0 amide bonds. The van der Waals surface area contributed by atoms with Crippen molar-refractivity contribution in [2.45, 2.75) is 20.0 Å². The quantitative estimate of drug-likeness (QED) is 0.796. The molecule has 1 aromatic carbocycles. The van der Waals surface area contributed by atoms with Crippen LogP contribution in [0.2, 0.25) is 0 Å². The summed E-state index contributed by atoms with van der Waals surface area (Å²) in [6, 6.07) is 7.00. The lowest BCUT2D eigenvalue weighted by Gasteiger charge is -2.21. The number of hydrogen-bond donors (Lipinski definition) is 2. The van der Waals surface area contributed by atoms with Gasteiger partial charge in [0.05, 0.1) is 0 Å². The molecule has 0 saturated carbocycles. The number of benzene rings is 1. The van der Waals surface area contributed by atoms with Crippen molar-refractivity contribution < 1.29 is 15.0 Å². The molecule has 0 aliphatic carbocycles. The van der Waals surface area contributed by atoms with Gasteiger partial charge in [-0.1, -0.05) is 12.1 Å². The maximum atomic E-state index is 10.7. The van der Waals surface area contributed by atoms with Crippen LogP contribution in [0.4, 0.5) is 5.69 Å². The number of carboxylic acid groups (broad SMARTS) is 1. The Morgan fingerprint density at radius 3 is 2.50 bits per heavy atom. The lowest BCUT2D eigenvalue weighted by molar-refractivity contribution is -0.146. The van der Waals surface area contributed by atoms with Gasteiger partial charge in [-0.2, -0.15) is 0 Å². The van der Waals surface area contributed by atoms with E-state index in [9.17, 15) is 9.90 Å². The highest BCUT2D eigenvalue weighted by molar-refractivity contribution is 5.74. The summed E-state index contributed by atoms with van der Waals surface area (Å²) >= 11 is 0. The second-order valence-electron chi connectivity index (χ2n) is 3.51. The summed E-state index contributed by atoms with van der Waals surface area (Å²) in [5.74, 6) is -1.23. The maximum absolute atomic E-state index is 10.7. The fourth-order valence-corrected chi connectivity index (χ4v) is 1.62. The van der Waals surface area contributed by atoms with Crippen LogP contribution in [0.1, 0.15) is 25.5 Å². The maximum Gasteiger partial charge on any atom is 0.337 e. The molecule has 0 aliphatic rings. The zero-order valence-corrected chi connectivity index (χ0v) is 9.55. The van der Waals surface area contributed by atoms with Crippen LogP contribution in [0.25, 0.3) is 0 Å². The number of anilines is 1. The topological polar surface area (TPSA) is 60.8 Å². The van der Waals surface area contributed by atoms with E-state index in [1.807, 2.05) is 19.9 Å². The van der Waals surface area contributed by atoms with Crippen molar-refractivity contribution in [3.63, 3.8) is 0 Å². The first-order valence-corrected chi connectivity index (χ1v) is 5.35. The SMILES string of the molecule is CCN(CC)c1cccc(C(O)C(=O)O)c1. The van der Waals surface area contributed by atoms with E-state index in [4.69, 9.17) is 5.11 Å². The summed E-state index contributed by atoms with van der Waals surface area (Å²) < 4.78 is 0. The van der Waals surface area contributed by atoms with Gasteiger partial charge in [0.2, 0.25) is 0 Å². The molecule has 4 heteroatoms. The van der Waals surface area contributed by atoms with Crippen molar-refractivity contribution in [3.8, 4) is 0 Å². The van der Waals surface area contributed by atoms with E-state index in [-0.39, 0.29) is 0 Å². The molecule has 1 unspecified atom stereocenters. The smallest absolute Gasteiger partial charge is 0.337 e. The van der Waals surface area contributed by atoms with Crippen molar-refractivity contribution in [1.29, 1.82) is 0 Å². The van der Waals surface area contributed by atoms with E-state index >= 15 is 0 Å². The first-order valence-electron chi connectivity index (χ1n) is 5.35. The number of aliphatic carboxylic acids is 1. The van der Waals surface area contributed by atoms with E-state index in [1.54, 1.807) is 18.2 Å². The average Bonchev–Trinajstić information content (AvgIpc) is 2.30. The van der Waals surface area contributed by atoms with Crippen LogP contribution >= 0.6 is 0 Å². The largest absolute Gasteiger partial charge is 0.479 e. The van der Waals surface area contributed by atoms with Crippen LogP contribution in [-0.2, 0) is 4.79 Å². The summed E-state index contributed by atoms with van der Waals surface area (Å²) in [5, 5.41) is 18.1. The van der Waals surface area contributed by atoms with Crippen LogP contribution in [0.5, 0.6) is 0 Å². The van der Waals surface area contributed by atoms with Crippen molar-refractivity contribution in [2.24, 2.45) is 0 Å². The van der Waals surface area contributed by atoms with Crippen molar-refractivity contribution in [3.05, 3.63) is 29.8 Å². The molecule has 0 aromatic heterocycles. The van der Waals surface area contributed by atoms with E-state index < -0.39 is 12.1 Å². The van der Waals surface area contributed by atoms with Crippen molar-refractivity contribution in [2.75, 3.05) is 18.0 Å². The Morgan fingerprint density at radius 1 is 1.38 bits per heavy atom. The second-order valence-corrected chi connectivity index (χ2v) is 3.51. The summed E-state index contributed by atoms with van der Waals surface area (Å²) in [5.41, 5.74) is 1.35. The summed E-state index contributed by atoms with van der Waals surface area (Å²) in [4.78, 5) is 12.8. The molecule has 16 heavy (non-hydrogen) atoms. The van der Waals surface area contributed by atoms with Gasteiger partial charge in [0, 0.05) is 18.8 Å². The van der Waals surface area contributed by atoms with E-state index in [2.05, 4.69) is 4.90 Å². The standard InChI is InChI=1S/C12H17NO3/c1-3-13(4-2)10-7-5-6-9(8-10)11(14)12(15)16/h5-8,11,14H,3-4H2,1-2H3,(H,15,16). The van der Waals surface area contributed by atoms with Gasteiger partial charge in [-0.05, 0) is 31.5 Å². The molecule has 0 aliphatic heterocycles. The monoisotopic (exact) mass is 223 g/mol. The Morgan fingerprint density at radius 2 is 2.00 bits per heavy atom. The average molecular weight is 223 g/mol. The van der Waals surface area contributed by atoms with Crippen LogP contribution in [0, 0.1) is 0 Å². The number of nitrogens with zero attached hydrogens (tertiary/aromatic N) is 1. The van der Waals surface area contributed by atoms with Crippen molar-refractivity contribution >= 4 is 11.7 Å². The van der Waals surface area contributed by atoms with Gasteiger partial charge in [0.15, 0.2) is 6.10 Å². The molecule has 0 spiro atoms. The first kappa shape index (κ1) is 12.5. The normalized spacial score (nSPS) is 12.2. The highest BCUT2D eigenvalue weighted by Gasteiger charge is 2.16. The molecule has 0 radical (unpaired) electrons. The Labute approximate surface area is 95.1 Å². The molecule has 4 nitrogen and oxygen atoms in total. The number of aliphatic hydroxyl groups is 1. The highest BCUT2D eigenvalue weighted by Crippen LogP contribution is 2.20. The van der Waals surface area contributed by atoms with Crippen LogP contribution in [-0.4, -0.2) is 29.3 Å². The van der Waals surface area contributed by atoms with Crippen molar-refractivity contribution in [1.82, 2.24) is 0 Å². The number of rotatable bonds is 5. The van der Waals surface area contributed by atoms with Gasteiger partial charge >= 0.3 is 5.97 Å². The lowest BCUT2D eigenvalue weighted by atomic mass is 10.1. The van der Waals surface area contributed by atoms with Crippen LogP contribution < -0.4 is 4.90 Å². The highest BCUT2D eigenvalue weighted by atomic mass is 16.4. The molecule has 1 rings (SSSR count). The van der Waals surface area contributed by atoms with Gasteiger partial charge in [-0.15, -0.1) is 0 Å².